The Morgan fingerprint density at radius 1 is 1.38 bits per heavy atom. The first-order chi connectivity index (χ1) is 10.1. The molecule has 2 heterocycles. The Bertz CT molecular complexity index is 779. The Labute approximate surface area is 119 Å². The van der Waals surface area contributed by atoms with Crippen LogP contribution in [0.2, 0.25) is 0 Å². The Morgan fingerprint density at radius 3 is 2.86 bits per heavy atom. The largest absolute Gasteiger partial charge is 0.443 e. The van der Waals surface area contributed by atoms with Crippen molar-refractivity contribution in [1.82, 2.24) is 14.8 Å². The van der Waals surface area contributed by atoms with Gasteiger partial charge in [0.2, 0.25) is 5.89 Å². The van der Waals surface area contributed by atoms with Gasteiger partial charge in [-0.2, -0.15) is 5.10 Å². The molecule has 0 saturated carbocycles. The van der Waals surface area contributed by atoms with Crippen LogP contribution in [-0.4, -0.2) is 20.6 Å². The summed E-state index contributed by atoms with van der Waals surface area (Å²) in [7, 11) is 0. The van der Waals surface area contributed by atoms with Crippen molar-refractivity contribution in [2.45, 2.75) is 6.54 Å². The highest BCUT2D eigenvalue weighted by molar-refractivity contribution is 5.93. The van der Waals surface area contributed by atoms with Crippen LogP contribution < -0.4 is 5.73 Å². The summed E-state index contributed by atoms with van der Waals surface area (Å²) < 4.78 is 20.5. The third-order valence-corrected chi connectivity index (χ3v) is 2.99. The summed E-state index contributed by atoms with van der Waals surface area (Å²) in [6, 6.07) is 8.02. The number of rotatable bonds is 4. The summed E-state index contributed by atoms with van der Waals surface area (Å²) in [5, 5.41) is 11.7. The lowest BCUT2D eigenvalue weighted by atomic mass is 10.2. The quantitative estimate of drug-likeness (QED) is 0.566. The zero-order chi connectivity index (χ0) is 14.8. The Kier molecular flexibility index (Phi) is 3.23. The van der Waals surface area contributed by atoms with Crippen LogP contribution in [0.1, 0.15) is 11.3 Å². The van der Waals surface area contributed by atoms with E-state index in [0.717, 1.165) is 0 Å². The SMILES string of the molecule is N=C(N)c1cc(-c2ncco2)n(Cc2ccccc2F)n1. The zero-order valence-electron chi connectivity index (χ0n) is 11.0. The van der Waals surface area contributed by atoms with Gasteiger partial charge in [0.1, 0.15) is 29.3 Å². The van der Waals surface area contributed by atoms with Crippen LogP contribution in [0.5, 0.6) is 0 Å². The number of hydrogen-bond donors (Lipinski definition) is 2. The van der Waals surface area contributed by atoms with E-state index in [0.29, 0.717) is 22.8 Å². The molecule has 106 valence electrons. The summed E-state index contributed by atoms with van der Waals surface area (Å²) in [6.45, 7) is 0.192. The van der Waals surface area contributed by atoms with E-state index in [1.54, 1.807) is 24.3 Å². The summed E-state index contributed by atoms with van der Waals surface area (Å²) in [6.07, 6.45) is 2.94. The normalized spacial score (nSPS) is 10.7. The van der Waals surface area contributed by atoms with Crippen LogP contribution in [0.4, 0.5) is 4.39 Å². The molecule has 3 N–H and O–H groups in total. The van der Waals surface area contributed by atoms with E-state index >= 15 is 0 Å². The fourth-order valence-electron chi connectivity index (χ4n) is 1.98. The molecule has 0 spiro atoms. The molecule has 2 aromatic heterocycles. The average molecular weight is 285 g/mol. The second kappa shape index (κ2) is 5.20. The molecule has 1 aromatic carbocycles. The molecule has 3 aromatic rings. The summed E-state index contributed by atoms with van der Waals surface area (Å²) >= 11 is 0. The van der Waals surface area contributed by atoms with Crippen molar-refractivity contribution in [2.24, 2.45) is 5.73 Å². The van der Waals surface area contributed by atoms with Crippen LogP contribution in [0, 0.1) is 11.2 Å². The predicted octanol–water partition coefficient (Wildman–Crippen LogP) is 2.01. The summed E-state index contributed by atoms with van der Waals surface area (Å²) in [5.74, 6) is -0.155. The number of nitrogen functional groups attached to an aromatic ring is 1. The maximum Gasteiger partial charge on any atom is 0.244 e. The van der Waals surface area contributed by atoms with Gasteiger partial charge in [-0.25, -0.2) is 9.37 Å². The number of nitrogens with two attached hydrogens (primary N) is 1. The Balaban J connectivity index is 2.05. The zero-order valence-corrected chi connectivity index (χ0v) is 11.0. The number of oxazole rings is 1. The van der Waals surface area contributed by atoms with Crippen molar-refractivity contribution >= 4 is 5.84 Å². The van der Waals surface area contributed by atoms with Crippen molar-refractivity contribution in [3.63, 3.8) is 0 Å². The van der Waals surface area contributed by atoms with Crippen LogP contribution >= 0.6 is 0 Å². The minimum Gasteiger partial charge on any atom is -0.443 e. The van der Waals surface area contributed by atoms with Crippen molar-refractivity contribution in [3.8, 4) is 11.6 Å². The third kappa shape index (κ3) is 2.53. The number of nitrogens with zero attached hydrogens (tertiary/aromatic N) is 3. The molecule has 0 atom stereocenters. The summed E-state index contributed by atoms with van der Waals surface area (Å²) in [5.41, 5.74) is 6.76. The summed E-state index contributed by atoms with van der Waals surface area (Å²) in [4.78, 5) is 4.05. The minimum atomic E-state index is -0.323. The van der Waals surface area contributed by atoms with Gasteiger partial charge in [-0.1, -0.05) is 18.2 Å². The fraction of sp³-hybridized carbons (Fsp3) is 0.0714. The maximum atomic E-state index is 13.8. The van der Waals surface area contributed by atoms with Crippen LogP contribution in [-0.2, 0) is 6.54 Å². The Hall–Kier alpha value is -2.96. The van der Waals surface area contributed by atoms with Crippen molar-refractivity contribution < 1.29 is 8.81 Å². The second-order valence-corrected chi connectivity index (χ2v) is 4.41. The molecule has 0 amide bonds. The van der Waals surface area contributed by atoms with Gasteiger partial charge in [0.25, 0.3) is 0 Å². The molecule has 21 heavy (non-hydrogen) atoms. The van der Waals surface area contributed by atoms with E-state index in [1.165, 1.54) is 23.2 Å². The minimum absolute atomic E-state index is 0.171. The lowest BCUT2D eigenvalue weighted by Crippen LogP contribution is -2.13. The van der Waals surface area contributed by atoms with Gasteiger partial charge in [0.05, 0.1) is 12.7 Å². The molecule has 0 aliphatic rings. The molecule has 0 unspecified atom stereocenters. The van der Waals surface area contributed by atoms with Crippen molar-refractivity contribution in [1.29, 1.82) is 5.41 Å². The van der Waals surface area contributed by atoms with Crippen molar-refractivity contribution in [2.75, 3.05) is 0 Å². The number of nitrogens with one attached hydrogen (secondary N) is 1. The van der Waals surface area contributed by atoms with E-state index < -0.39 is 0 Å². The molecular formula is C14H12FN5O. The van der Waals surface area contributed by atoms with Gasteiger partial charge in [-0.15, -0.1) is 0 Å². The third-order valence-electron chi connectivity index (χ3n) is 2.99. The monoisotopic (exact) mass is 285 g/mol. The lowest BCUT2D eigenvalue weighted by molar-refractivity contribution is 0.553. The first-order valence-electron chi connectivity index (χ1n) is 6.20. The number of hydrogen-bond acceptors (Lipinski definition) is 4. The molecule has 3 rings (SSSR count). The second-order valence-electron chi connectivity index (χ2n) is 4.41. The van der Waals surface area contributed by atoms with E-state index in [2.05, 4.69) is 10.1 Å². The van der Waals surface area contributed by atoms with Gasteiger partial charge in [0, 0.05) is 11.6 Å². The highest BCUT2D eigenvalue weighted by Gasteiger charge is 2.16. The highest BCUT2D eigenvalue weighted by atomic mass is 19.1. The van der Waals surface area contributed by atoms with E-state index in [4.69, 9.17) is 15.6 Å². The highest BCUT2D eigenvalue weighted by Crippen LogP contribution is 2.20. The van der Waals surface area contributed by atoms with Gasteiger partial charge in [-0.3, -0.25) is 10.1 Å². The first kappa shape index (κ1) is 13.0. The molecule has 0 radical (unpaired) electrons. The fourth-order valence-corrected chi connectivity index (χ4v) is 1.98. The van der Waals surface area contributed by atoms with Crippen LogP contribution in [0.3, 0.4) is 0 Å². The average Bonchev–Trinajstić information content (AvgIpc) is 3.10. The van der Waals surface area contributed by atoms with Crippen molar-refractivity contribution in [3.05, 3.63) is 59.9 Å². The Morgan fingerprint density at radius 2 is 2.19 bits per heavy atom. The van der Waals surface area contributed by atoms with E-state index in [9.17, 15) is 4.39 Å². The van der Waals surface area contributed by atoms with E-state index in [-0.39, 0.29) is 18.2 Å². The maximum absolute atomic E-state index is 13.8. The number of aromatic nitrogens is 3. The topological polar surface area (TPSA) is 93.7 Å². The number of amidine groups is 1. The number of halogens is 1. The number of benzene rings is 1. The molecular weight excluding hydrogens is 273 g/mol. The smallest absolute Gasteiger partial charge is 0.244 e. The lowest BCUT2D eigenvalue weighted by Gasteiger charge is -2.06. The van der Waals surface area contributed by atoms with E-state index in [1.807, 2.05) is 0 Å². The molecule has 0 saturated heterocycles. The van der Waals surface area contributed by atoms with Gasteiger partial charge in [-0.05, 0) is 6.07 Å². The first-order valence-corrected chi connectivity index (χ1v) is 6.20. The molecule has 0 aliphatic heterocycles. The standard InChI is InChI=1S/C14H12FN5O/c15-10-4-2-1-3-9(10)8-20-12(14-18-5-6-21-14)7-11(19-20)13(16)17/h1-7H,8H2,(H3,16,17). The van der Waals surface area contributed by atoms with Gasteiger partial charge >= 0.3 is 0 Å². The van der Waals surface area contributed by atoms with Crippen LogP contribution in [0.25, 0.3) is 11.6 Å². The molecule has 7 heteroatoms. The molecule has 0 aliphatic carbocycles. The molecule has 6 nitrogen and oxygen atoms in total. The van der Waals surface area contributed by atoms with Gasteiger partial charge in [0.15, 0.2) is 0 Å². The van der Waals surface area contributed by atoms with Crippen LogP contribution in [0.15, 0.2) is 47.2 Å². The molecule has 0 fully saturated rings. The predicted molar refractivity (Wildman–Crippen MR) is 74.2 cm³/mol. The molecule has 0 bridgehead atoms. The van der Waals surface area contributed by atoms with Gasteiger partial charge < -0.3 is 10.2 Å².